The maximum absolute atomic E-state index is 15.4. The summed E-state index contributed by atoms with van der Waals surface area (Å²) in [6.07, 6.45) is -3.03. The van der Waals surface area contributed by atoms with Gasteiger partial charge in [-0.15, -0.1) is 0 Å². The Hall–Kier alpha value is -8.60. The number of nitro benzene ring substituents is 1. The molecule has 6 aromatic rings. The van der Waals surface area contributed by atoms with Crippen molar-refractivity contribution in [1.29, 1.82) is 0 Å². The van der Waals surface area contributed by atoms with Gasteiger partial charge in [0.05, 0.1) is 17.4 Å². The van der Waals surface area contributed by atoms with Crippen LogP contribution in [0, 0.1) is 39.2 Å². The number of azide groups is 1. The Morgan fingerprint density at radius 3 is 2.04 bits per heavy atom. The van der Waals surface area contributed by atoms with Gasteiger partial charge in [0.2, 0.25) is 50.8 Å². The number of halogens is 5. The van der Waals surface area contributed by atoms with Crippen LogP contribution in [-0.2, 0) is 37.6 Å². The topological polar surface area (TPSA) is 224 Å². The van der Waals surface area contributed by atoms with E-state index < -0.39 is 116 Å². The summed E-state index contributed by atoms with van der Waals surface area (Å²) in [4.78, 5) is 60.1. The van der Waals surface area contributed by atoms with Crippen LogP contribution in [0.3, 0.4) is 0 Å². The number of benzene rings is 6. The molecular formula is C55H50F5N7O11S. The fraction of sp³-hybridized carbons (Fsp3) is 0.291. The molecule has 2 bridgehead atoms. The molecule has 3 atom stereocenters. The third-order valence-electron chi connectivity index (χ3n) is 13.2. The minimum Gasteiger partial charge on any atom is -0.489 e. The number of sulfonamides is 1. The number of amides is 2. The van der Waals surface area contributed by atoms with Crippen molar-refractivity contribution < 1.29 is 68.6 Å². The van der Waals surface area contributed by atoms with Gasteiger partial charge >= 0.3 is 12.1 Å². The molecule has 24 heteroatoms. The summed E-state index contributed by atoms with van der Waals surface area (Å²) in [5.74, 6) is -16.8. The van der Waals surface area contributed by atoms with Crippen LogP contribution in [0.25, 0.3) is 10.4 Å². The average Bonchev–Trinajstić information content (AvgIpc) is 3.98. The molecule has 412 valence electrons. The van der Waals surface area contributed by atoms with E-state index >= 15 is 13.6 Å². The van der Waals surface area contributed by atoms with Crippen LogP contribution in [0.2, 0.25) is 0 Å². The van der Waals surface area contributed by atoms with Crippen molar-refractivity contribution in [3.8, 4) is 17.2 Å². The van der Waals surface area contributed by atoms with Crippen LogP contribution in [0.4, 0.5) is 32.4 Å². The number of nitrogens with zero attached hydrogens (tertiary/aromatic N) is 7. The lowest BCUT2D eigenvalue weighted by molar-refractivity contribution is -0.387. The molecule has 2 heterocycles. The highest BCUT2D eigenvalue weighted by Crippen LogP contribution is 2.49. The molecule has 0 unspecified atom stereocenters. The van der Waals surface area contributed by atoms with Crippen LogP contribution in [0.5, 0.6) is 17.2 Å². The third kappa shape index (κ3) is 13.2. The van der Waals surface area contributed by atoms with E-state index in [1.807, 2.05) is 30.3 Å². The molecule has 0 radical (unpaired) electrons. The second-order valence-corrected chi connectivity index (χ2v) is 20.2. The second-order valence-electron chi connectivity index (χ2n) is 18.3. The number of fused-ring (bicyclic) bond motifs is 1. The first-order chi connectivity index (χ1) is 38.1. The fourth-order valence-electron chi connectivity index (χ4n) is 9.31. The maximum Gasteiger partial charge on any atom is 0.410 e. The summed E-state index contributed by atoms with van der Waals surface area (Å²) in [6.45, 7) is -1.17. The van der Waals surface area contributed by atoms with Crippen LogP contribution >= 0.6 is 0 Å². The Morgan fingerprint density at radius 2 is 1.37 bits per heavy atom. The van der Waals surface area contributed by atoms with E-state index in [1.54, 1.807) is 54.6 Å². The summed E-state index contributed by atoms with van der Waals surface area (Å²) in [5, 5.41) is 15.8. The van der Waals surface area contributed by atoms with Crippen molar-refractivity contribution in [3.05, 3.63) is 205 Å². The molecule has 0 aromatic heterocycles. The summed E-state index contributed by atoms with van der Waals surface area (Å²) in [6, 6.07) is 32.0. The predicted octanol–water partition coefficient (Wildman–Crippen LogP) is 11.2. The standard InChI is InChI=1S/C55H50F5N7O11S/c56-47-48(57)50(59)53(51(60)49(47)58)78-45(68)32-42-38-21-24-43-40(31-38)46(52(77-43)37-19-22-39(23-20-37)75-33-35-13-3-1-4-14-35)54(69)64(27-11-25-62-63-61)26-9-10-28-65(79(73,74)44-18-8-7-17-41(44)67(71)72)29-12-30-66(42)55(70)76-34-36-15-5-2-6-16-36/h1-8,13-24,31,42,46,52H,9-12,25-30,32-34H2/t42-,46+,52-/m0/s1. The Bertz CT molecular complexity index is 3330. The smallest absolute Gasteiger partial charge is 0.410 e. The molecule has 0 saturated heterocycles. The minimum absolute atomic E-state index is 0.00306. The number of nitro groups is 1. The number of hydrogen-bond donors (Lipinski definition) is 0. The summed E-state index contributed by atoms with van der Waals surface area (Å²) < 4.78 is 127. The van der Waals surface area contributed by atoms with Gasteiger partial charge in [-0.25, -0.2) is 26.4 Å². The molecule has 2 aliphatic rings. The number of ether oxygens (including phenoxy) is 4. The molecule has 79 heavy (non-hydrogen) atoms. The Balaban J connectivity index is 1.25. The molecule has 0 saturated carbocycles. The van der Waals surface area contributed by atoms with Gasteiger partial charge in [-0.1, -0.05) is 96.1 Å². The van der Waals surface area contributed by atoms with Gasteiger partial charge in [0.1, 0.15) is 36.7 Å². The summed E-state index contributed by atoms with van der Waals surface area (Å²) >= 11 is 0. The first-order valence-corrected chi connectivity index (χ1v) is 26.3. The fourth-order valence-corrected chi connectivity index (χ4v) is 11.0. The van der Waals surface area contributed by atoms with Crippen molar-refractivity contribution in [2.75, 3.05) is 39.3 Å². The van der Waals surface area contributed by atoms with E-state index in [0.29, 0.717) is 16.9 Å². The largest absolute Gasteiger partial charge is 0.489 e. The lowest BCUT2D eigenvalue weighted by Crippen LogP contribution is -2.41. The van der Waals surface area contributed by atoms with E-state index in [4.69, 9.17) is 24.5 Å². The normalized spacial score (nSPS) is 17.1. The minimum atomic E-state index is -4.71. The van der Waals surface area contributed by atoms with Crippen LogP contribution in [-0.4, -0.2) is 84.7 Å². The molecule has 0 spiro atoms. The zero-order chi connectivity index (χ0) is 56.2. The van der Waals surface area contributed by atoms with E-state index in [0.717, 1.165) is 26.9 Å². The lowest BCUT2D eigenvalue weighted by atomic mass is 9.87. The Kier molecular flexibility index (Phi) is 18.4. The highest BCUT2D eigenvalue weighted by atomic mass is 32.2. The molecule has 6 aromatic carbocycles. The number of hydrogen-bond acceptors (Lipinski definition) is 12. The molecule has 0 aliphatic carbocycles. The SMILES string of the molecule is [N-]=[N+]=NCCCN1CCCCN(S(=O)(=O)c2ccccc2[N+](=O)[O-])CCCN(C(=O)OCc2ccccc2)[C@@H](CC(=O)Oc2c(F)c(F)c(F)c(F)c2F)c2ccc3c(c2)[C@@H](C1=O)[C@H](c1ccc(OCc2ccccc2)cc1)O3. The van der Waals surface area contributed by atoms with Gasteiger partial charge in [-0.3, -0.25) is 19.7 Å². The second kappa shape index (κ2) is 25.7. The first-order valence-electron chi connectivity index (χ1n) is 24.9. The van der Waals surface area contributed by atoms with E-state index in [9.17, 15) is 41.3 Å². The highest BCUT2D eigenvalue weighted by Gasteiger charge is 2.44. The lowest BCUT2D eigenvalue weighted by Gasteiger charge is -2.33. The van der Waals surface area contributed by atoms with Crippen LogP contribution < -0.4 is 14.2 Å². The number of esters is 1. The van der Waals surface area contributed by atoms with Gasteiger partial charge in [0.15, 0.2) is 4.90 Å². The molecule has 0 N–H and O–H groups in total. The quantitative estimate of drug-likeness (QED) is 0.00757. The molecule has 8 rings (SSSR count). The van der Waals surface area contributed by atoms with Gasteiger partial charge in [-0.05, 0) is 83.8 Å². The molecule has 0 fully saturated rings. The van der Waals surface area contributed by atoms with Crippen molar-refractivity contribution in [2.45, 2.75) is 68.3 Å². The summed E-state index contributed by atoms with van der Waals surface area (Å²) in [7, 11) is -4.71. The highest BCUT2D eigenvalue weighted by molar-refractivity contribution is 7.89. The number of carbonyl (C=O) groups is 3. The molecular weight excluding hydrogens is 1060 g/mol. The van der Waals surface area contributed by atoms with E-state index in [2.05, 4.69) is 10.0 Å². The Morgan fingerprint density at radius 1 is 0.759 bits per heavy atom. The monoisotopic (exact) mass is 1110 g/mol. The van der Waals surface area contributed by atoms with Crippen LogP contribution in [0.1, 0.15) is 78.0 Å². The summed E-state index contributed by atoms with van der Waals surface area (Å²) in [5.41, 5.74) is 10.6. The number of rotatable bonds is 16. The van der Waals surface area contributed by atoms with Crippen molar-refractivity contribution in [2.24, 2.45) is 5.11 Å². The number of carbonyl (C=O) groups excluding carboxylic acids is 3. The molecule has 2 aliphatic heterocycles. The predicted molar refractivity (Wildman–Crippen MR) is 273 cm³/mol. The zero-order valence-electron chi connectivity index (χ0n) is 42.0. The van der Waals surface area contributed by atoms with Gasteiger partial charge in [-0.2, -0.15) is 13.1 Å². The average molecular weight is 1110 g/mol. The molecule has 18 nitrogen and oxygen atoms in total. The van der Waals surface area contributed by atoms with Gasteiger partial charge in [0.25, 0.3) is 5.69 Å². The molecule has 2 amide bonds. The number of para-hydroxylation sites is 1. The Labute approximate surface area is 449 Å². The van der Waals surface area contributed by atoms with E-state index in [1.165, 1.54) is 35.2 Å². The maximum atomic E-state index is 15.4. The van der Waals surface area contributed by atoms with Gasteiger partial charge in [0, 0.05) is 55.8 Å². The van der Waals surface area contributed by atoms with Crippen molar-refractivity contribution in [3.63, 3.8) is 0 Å². The van der Waals surface area contributed by atoms with Crippen molar-refractivity contribution in [1.82, 2.24) is 14.1 Å². The van der Waals surface area contributed by atoms with Crippen molar-refractivity contribution >= 4 is 33.7 Å². The van der Waals surface area contributed by atoms with E-state index in [-0.39, 0.29) is 82.0 Å². The first kappa shape index (κ1) is 56.6. The van der Waals surface area contributed by atoms with Crippen LogP contribution in [0.15, 0.2) is 137 Å². The zero-order valence-corrected chi connectivity index (χ0v) is 42.8. The third-order valence-corrected chi connectivity index (χ3v) is 15.2. The van der Waals surface area contributed by atoms with Gasteiger partial charge < -0.3 is 28.7 Å².